The lowest BCUT2D eigenvalue weighted by atomic mass is 9.98. The number of halogens is 1. The lowest BCUT2D eigenvalue weighted by molar-refractivity contribution is 0.0702. The van der Waals surface area contributed by atoms with Gasteiger partial charge < -0.3 is 5.11 Å². The van der Waals surface area contributed by atoms with Crippen molar-refractivity contribution >= 4 is 23.1 Å². The van der Waals surface area contributed by atoms with Gasteiger partial charge in [-0.2, -0.15) is 0 Å². The highest BCUT2D eigenvalue weighted by molar-refractivity contribution is 7.12. The van der Waals surface area contributed by atoms with Crippen LogP contribution < -0.4 is 0 Å². The maximum Gasteiger partial charge on any atom is 0.346 e. The number of carbonyl (C=O) groups is 2. The summed E-state index contributed by atoms with van der Waals surface area (Å²) >= 11 is 1.05. The Balaban J connectivity index is 2.69. The summed E-state index contributed by atoms with van der Waals surface area (Å²) in [5.41, 5.74) is 1.01. The second-order valence-electron chi connectivity index (χ2n) is 3.71. The SMILES string of the molecule is CC(=O)c1ccc(F)cc1-c1ccsc1C(=O)O. The predicted molar refractivity (Wildman–Crippen MR) is 66.7 cm³/mol. The van der Waals surface area contributed by atoms with Gasteiger partial charge in [0.2, 0.25) is 0 Å². The Labute approximate surface area is 107 Å². The Kier molecular flexibility index (Phi) is 3.25. The van der Waals surface area contributed by atoms with Crippen LogP contribution in [0.2, 0.25) is 0 Å². The molecule has 1 aromatic carbocycles. The van der Waals surface area contributed by atoms with Gasteiger partial charge in [0.25, 0.3) is 0 Å². The number of carboxylic acid groups (broad SMARTS) is 1. The Morgan fingerprint density at radius 2 is 1.94 bits per heavy atom. The number of hydrogen-bond acceptors (Lipinski definition) is 3. The molecule has 0 radical (unpaired) electrons. The van der Waals surface area contributed by atoms with E-state index in [-0.39, 0.29) is 10.7 Å². The van der Waals surface area contributed by atoms with Crippen LogP contribution in [-0.2, 0) is 0 Å². The summed E-state index contributed by atoms with van der Waals surface area (Å²) in [7, 11) is 0. The van der Waals surface area contributed by atoms with Crippen LogP contribution in [0.25, 0.3) is 11.1 Å². The minimum Gasteiger partial charge on any atom is -0.477 e. The zero-order valence-electron chi connectivity index (χ0n) is 9.44. The molecule has 1 N–H and O–H groups in total. The van der Waals surface area contributed by atoms with Crippen molar-refractivity contribution in [2.75, 3.05) is 0 Å². The van der Waals surface area contributed by atoms with Crippen molar-refractivity contribution in [2.24, 2.45) is 0 Å². The first-order chi connectivity index (χ1) is 8.50. The molecule has 0 atom stereocenters. The van der Waals surface area contributed by atoms with Crippen molar-refractivity contribution in [3.05, 3.63) is 45.9 Å². The van der Waals surface area contributed by atoms with Gasteiger partial charge in [-0.05, 0) is 42.1 Å². The molecule has 0 fully saturated rings. The van der Waals surface area contributed by atoms with E-state index in [1.165, 1.54) is 25.1 Å². The number of thiophene rings is 1. The van der Waals surface area contributed by atoms with Gasteiger partial charge in [0, 0.05) is 11.1 Å². The van der Waals surface area contributed by atoms with Crippen LogP contribution in [0.3, 0.4) is 0 Å². The van der Waals surface area contributed by atoms with Crippen molar-refractivity contribution in [3.63, 3.8) is 0 Å². The molecule has 2 rings (SSSR count). The molecule has 0 unspecified atom stereocenters. The molecular weight excluding hydrogens is 255 g/mol. The van der Waals surface area contributed by atoms with E-state index >= 15 is 0 Å². The standard InChI is InChI=1S/C13H9FO3S/c1-7(15)9-3-2-8(14)6-11(9)10-4-5-18-12(10)13(16)17/h2-6H,1H3,(H,16,17). The minimum absolute atomic E-state index is 0.100. The number of carbonyl (C=O) groups excluding carboxylic acids is 1. The molecule has 0 aliphatic carbocycles. The van der Waals surface area contributed by atoms with E-state index in [0.717, 1.165) is 11.3 Å². The zero-order chi connectivity index (χ0) is 13.3. The number of Topliss-reactive ketones (excluding diaryl/α,β-unsaturated/α-hetero) is 1. The van der Waals surface area contributed by atoms with Crippen molar-refractivity contribution in [2.45, 2.75) is 6.92 Å². The van der Waals surface area contributed by atoms with Gasteiger partial charge in [-0.1, -0.05) is 0 Å². The van der Waals surface area contributed by atoms with Gasteiger partial charge in [0.05, 0.1) is 0 Å². The quantitative estimate of drug-likeness (QED) is 0.864. The third-order valence-corrected chi connectivity index (χ3v) is 3.41. The average molecular weight is 264 g/mol. The molecule has 0 spiro atoms. The normalized spacial score (nSPS) is 10.3. The van der Waals surface area contributed by atoms with Crippen molar-refractivity contribution in [3.8, 4) is 11.1 Å². The fraction of sp³-hybridized carbons (Fsp3) is 0.0769. The van der Waals surface area contributed by atoms with Gasteiger partial charge >= 0.3 is 5.97 Å². The summed E-state index contributed by atoms with van der Waals surface area (Å²) in [6, 6.07) is 5.32. The van der Waals surface area contributed by atoms with Crippen LogP contribution >= 0.6 is 11.3 Å². The van der Waals surface area contributed by atoms with Crippen molar-refractivity contribution in [1.29, 1.82) is 0 Å². The van der Waals surface area contributed by atoms with E-state index in [1.807, 2.05) is 0 Å². The highest BCUT2D eigenvalue weighted by Crippen LogP contribution is 2.31. The zero-order valence-corrected chi connectivity index (χ0v) is 10.3. The third-order valence-electron chi connectivity index (χ3n) is 2.51. The Morgan fingerprint density at radius 3 is 2.56 bits per heavy atom. The molecule has 0 aliphatic rings. The molecule has 0 aliphatic heterocycles. The topological polar surface area (TPSA) is 54.4 Å². The van der Waals surface area contributed by atoms with Crippen LogP contribution in [0.4, 0.5) is 4.39 Å². The lowest BCUT2D eigenvalue weighted by Gasteiger charge is -2.06. The van der Waals surface area contributed by atoms with Gasteiger partial charge in [-0.15, -0.1) is 11.3 Å². The number of carboxylic acids is 1. The van der Waals surface area contributed by atoms with Crippen molar-refractivity contribution < 1.29 is 19.1 Å². The van der Waals surface area contributed by atoms with Crippen LogP contribution in [0.5, 0.6) is 0 Å². The second kappa shape index (κ2) is 4.70. The molecule has 5 heteroatoms. The number of hydrogen-bond donors (Lipinski definition) is 1. The predicted octanol–water partition coefficient (Wildman–Crippen LogP) is 3.46. The van der Waals surface area contributed by atoms with Gasteiger partial charge in [-0.25, -0.2) is 9.18 Å². The highest BCUT2D eigenvalue weighted by Gasteiger charge is 2.18. The van der Waals surface area contributed by atoms with Gasteiger partial charge in [-0.3, -0.25) is 4.79 Å². The first kappa shape index (κ1) is 12.4. The minimum atomic E-state index is -1.08. The summed E-state index contributed by atoms with van der Waals surface area (Å²) < 4.78 is 13.3. The van der Waals surface area contributed by atoms with E-state index in [2.05, 4.69) is 0 Å². The fourth-order valence-electron chi connectivity index (χ4n) is 1.73. The number of ketones is 1. The molecule has 3 nitrogen and oxygen atoms in total. The summed E-state index contributed by atoms with van der Waals surface area (Å²) in [5, 5.41) is 10.7. The number of benzene rings is 1. The summed E-state index contributed by atoms with van der Waals surface area (Å²) in [5.74, 6) is -1.82. The highest BCUT2D eigenvalue weighted by atomic mass is 32.1. The third kappa shape index (κ3) is 2.17. The van der Waals surface area contributed by atoms with Gasteiger partial charge in [0.15, 0.2) is 5.78 Å². The van der Waals surface area contributed by atoms with Gasteiger partial charge in [0.1, 0.15) is 10.7 Å². The molecule has 0 amide bonds. The average Bonchev–Trinajstić information content (AvgIpc) is 2.77. The van der Waals surface area contributed by atoms with E-state index in [9.17, 15) is 14.0 Å². The molecule has 0 bridgehead atoms. The maximum absolute atomic E-state index is 13.3. The monoisotopic (exact) mass is 264 g/mol. The molecule has 0 saturated carbocycles. The molecule has 92 valence electrons. The van der Waals surface area contributed by atoms with Crippen LogP contribution in [-0.4, -0.2) is 16.9 Å². The summed E-state index contributed by atoms with van der Waals surface area (Å²) in [6.07, 6.45) is 0. The van der Waals surface area contributed by atoms with Crippen molar-refractivity contribution in [1.82, 2.24) is 0 Å². The lowest BCUT2D eigenvalue weighted by Crippen LogP contribution is -2.00. The number of rotatable bonds is 3. The molecule has 0 saturated heterocycles. The van der Waals surface area contributed by atoms with E-state index in [1.54, 1.807) is 11.4 Å². The molecule has 2 aromatic rings. The first-order valence-corrected chi connectivity index (χ1v) is 6.00. The molecule has 1 heterocycles. The molecule has 18 heavy (non-hydrogen) atoms. The first-order valence-electron chi connectivity index (χ1n) is 5.12. The van der Waals surface area contributed by atoms with Crippen LogP contribution in [0.15, 0.2) is 29.6 Å². The van der Waals surface area contributed by atoms with E-state index < -0.39 is 11.8 Å². The maximum atomic E-state index is 13.3. The Morgan fingerprint density at radius 1 is 1.22 bits per heavy atom. The fourth-order valence-corrected chi connectivity index (χ4v) is 2.48. The van der Waals surface area contributed by atoms with E-state index in [4.69, 9.17) is 5.11 Å². The summed E-state index contributed by atoms with van der Waals surface area (Å²) in [6.45, 7) is 1.36. The second-order valence-corrected chi connectivity index (χ2v) is 4.63. The smallest absolute Gasteiger partial charge is 0.346 e. The largest absolute Gasteiger partial charge is 0.477 e. The number of aromatic carboxylic acids is 1. The van der Waals surface area contributed by atoms with Crippen LogP contribution in [0.1, 0.15) is 27.0 Å². The van der Waals surface area contributed by atoms with E-state index in [0.29, 0.717) is 16.7 Å². The Bertz CT molecular complexity index is 631. The molecular formula is C13H9FO3S. The molecule has 1 aromatic heterocycles. The van der Waals surface area contributed by atoms with Crippen LogP contribution in [0, 0.1) is 5.82 Å². The summed E-state index contributed by atoms with van der Waals surface area (Å²) in [4.78, 5) is 22.6. The Hall–Kier alpha value is -2.01.